The molecule has 5 nitrogen and oxygen atoms in total. The van der Waals surface area contributed by atoms with Gasteiger partial charge in [-0.05, 0) is 12.8 Å². The van der Waals surface area contributed by atoms with Gasteiger partial charge < -0.3 is 10.3 Å². The fraction of sp³-hybridized carbons (Fsp3) is 0.571. The highest BCUT2D eigenvalue weighted by molar-refractivity contribution is 5.55. The molecule has 0 amide bonds. The zero-order valence-corrected chi connectivity index (χ0v) is 15.8. The van der Waals surface area contributed by atoms with E-state index in [1.165, 1.54) is 44.5 Å². The van der Waals surface area contributed by atoms with Gasteiger partial charge in [0.25, 0.3) is 0 Å². The molecule has 1 saturated carbocycles. The Hall–Kier alpha value is -1.69. The maximum absolute atomic E-state index is 6.21. The Morgan fingerprint density at radius 2 is 1.77 bits per heavy atom. The van der Waals surface area contributed by atoms with Gasteiger partial charge in [0, 0.05) is 51.4 Å². The Morgan fingerprint density at radius 1 is 1.08 bits per heavy atom. The second-order valence-corrected chi connectivity index (χ2v) is 7.69. The molecule has 4 rings (SSSR count). The van der Waals surface area contributed by atoms with Crippen LogP contribution in [-0.4, -0.2) is 58.1 Å². The van der Waals surface area contributed by atoms with E-state index in [-0.39, 0.29) is 6.04 Å². The molecule has 1 aromatic carbocycles. The van der Waals surface area contributed by atoms with E-state index in [4.69, 9.17) is 10.7 Å². The van der Waals surface area contributed by atoms with Crippen LogP contribution in [0.3, 0.4) is 0 Å². The van der Waals surface area contributed by atoms with Crippen molar-refractivity contribution in [2.24, 2.45) is 12.8 Å². The molecular formula is C21H31N5. The van der Waals surface area contributed by atoms with Gasteiger partial charge in [0.15, 0.2) is 0 Å². The van der Waals surface area contributed by atoms with Gasteiger partial charge in [-0.2, -0.15) is 0 Å². The van der Waals surface area contributed by atoms with Crippen molar-refractivity contribution in [1.29, 1.82) is 0 Å². The Balaban J connectivity index is 1.47. The molecule has 0 radical (unpaired) electrons. The number of nitrogens with zero attached hydrogens (tertiary/aromatic N) is 4. The smallest absolute Gasteiger partial charge is 0.139 e. The van der Waals surface area contributed by atoms with E-state index in [2.05, 4.69) is 45.7 Å². The minimum atomic E-state index is 0.246. The number of rotatable bonds is 5. The molecule has 2 fully saturated rings. The first-order valence-electron chi connectivity index (χ1n) is 10.0. The lowest BCUT2D eigenvalue weighted by Gasteiger charge is -2.41. The minimum Gasteiger partial charge on any atom is -0.330 e. The molecule has 1 aromatic heterocycles. The van der Waals surface area contributed by atoms with Crippen molar-refractivity contribution in [3.05, 3.63) is 42.2 Å². The van der Waals surface area contributed by atoms with Crippen molar-refractivity contribution >= 4 is 0 Å². The van der Waals surface area contributed by atoms with Crippen molar-refractivity contribution in [3.8, 4) is 11.4 Å². The van der Waals surface area contributed by atoms with Crippen molar-refractivity contribution in [3.63, 3.8) is 0 Å². The van der Waals surface area contributed by atoms with Crippen molar-refractivity contribution in [1.82, 2.24) is 19.4 Å². The highest BCUT2D eigenvalue weighted by Gasteiger charge is 2.30. The summed E-state index contributed by atoms with van der Waals surface area (Å²) < 4.78 is 2.22. The maximum Gasteiger partial charge on any atom is 0.139 e. The third kappa shape index (κ3) is 3.43. The molecule has 2 heterocycles. The number of imidazole rings is 1. The predicted octanol–water partition coefficient (Wildman–Crippen LogP) is 2.65. The zero-order valence-electron chi connectivity index (χ0n) is 15.8. The lowest BCUT2D eigenvalue weighted by atomic mass is 10.1. The molecule has 1 atom stereocenters. The first-order chi connectivity index (χ1) is 12.8. The van der Waals surface area contributed by atoms with E-state index in [0.717, 1.165) is 30.5 Å². The fourth-order valence-corrected chi connectivity index (χ4v) is 4.73. The maximum atomic E-state index is 6.21. The fourth-order valence-electron chi connectivity index (χ4n) is 4.73. The van der Waals surface area contributed by atoms with Crippen LogP contribution in [0.2, 0.25) is 0 Å². The molecular weight excluding hydrogens is 322 g/mol. The van der Waals surface area contributed by atoms with Gasteiger partial charge in [-0.15, -0.1) is 0 Å². The molecule has 0 bridgehead atoms. The topological polar surface area (TPSA) is 50.3 Å². The number of piperazine rings is 1. The van der Waals surface area contributed by atoms with Gasteiger partial charge in [0.1, 0.15) is 5.82 Å². The van der Waals surface area contributed by atoms with Crippen LogP contribution in [0.15, 0.2) is 36.5 Å². The Labute approximate surface area is 156 Å². The molecule has 0 spiro atoms. The van der Waals surface area contributed by atoms with Gasteiger partial charge >= 0.3 is 0 Å². The molecule has 1 unspecified atom stereocenters. The summed E-state index contributed by atoms with van der Waals surface area (Å²) >= 11 is 0. The standard InChI is InChI=1S/C21H31N5/c1-24-20(16-23-21(24)17-7-3-2-4-8-17)19(15-22)26-13-11-25(12-14-26)18-9-5-6-10-18/h2-4,7-8,16,18-19H,5-6,9-15,22H2,1H3. The van der Waals surface area contributed by atoms with Crippen LogP contribution in [0, 0.1) is 0 Å². The molecule has 2 aliphatic rings. The number of benzene rings is 1. The Bertz CT molecular complexity index is 696. The third-order valence-corrected chi connectivity index (χ3v) is 6.25. The highest BCUT2D eigenvalue weighted by atomic mass is 15.3. The molecule has 2 N–H and O–H groups in total. The molecule has 2 aromatic rings. The summed E-state index contributed by atoms with van der Waals surface area (Å²) in [6.07, 6.45) is 7.62. The van der Waals surface area contributed by atoms with Crippen LogP contribution in [0.5, 0.6) is 0 Å². The van der Waals surface area contributed by atoms with Gasteiger partial charge in [-0.25, -0.2) is 4.98 Å². The van der Waals surface area contributed by atoms with E-state index in [1.54, 1.807) is 0 Å². The van der Waals surface area contributed by atoms with Crippen molar-refractivity contribution in [2.75, 3.05) is 32.7 Å². The van der Waals surface area contributed by atoms with Crippen molar-refractivity contribution < 1.29 is 0 Å². The van der Waals surface area contributed by atoms with E-state index >= 15 is 0 Å². The summed E-state index contributed by atoms with van der Waals surface area (Å²) in [6, 6.07) is 11.5. The molecule has 140 valence electrons. The van der Waals surface area contributed by atoms with Crippen LogP contribution in [0.1, 0.15) is 37.4 Å². The predicted molar refractivity (Wildman–Crippen MR) is 106 cm³/mol. The zero-order chi connectivity index (χ0) is 17.9. The van der Waals surface area contributed by atoms with E-state index in [9.17, 15) is 0 Å². The largest absolute Gasteiger partial charge is 0.330 e. The van der Waals surface area contributed by atoms with Crippen LogP contribution >= 0.6 is 0 Å². The lowest BCUT2D eigenvalue weighted by Crippen LogP contribution is -2.51. The molecule has 1 saturated heterocycles. The number of hydrogen-bond donors (Lipinski definition) is 1. The van der Waals surface area contributed by atoms with Crippen LogP contribution < -0.4 is 5.73 Å². The minimum absolute atomic E-state index is 0.246. The summed E-state index contributed by atoms with van der Waals surface area (Å²) in [5.74, 6) is 1.02. The number of hydrogen-bond acceptors (Lipinski definition) is 4. The van der Waals surface area contributed by atoms with Crippen molar-refractivity contribution in [2.45, 2.75) is 37.8 Å². The summed E-state index contributed by atoms with van der Waals surface area (Å²) in [5.41, 5.74) is 8.59. The van der Waals surface area contributed by atoms with Crippen LogP contribution in [-0.2, 0) is 7.05 Å². The number of aromatic nitrogens is 2. The monoisotopic (exact) mass is 353 g/mol. The second kappa shape index (κ2) is 7.91. The van der Waals surface area contributed by atoms with Gasteiger partial charge in [0.05, 0.1) is 17.9 Å². The normalized spacial score (nSPS) is 21.3. The molecule has 26 heavy (non-hydrogen) atoms. The number of nitrogens with two attached hydrogens (primary N) is 1. The first-order valence-corrected chi connectivity index (χ1v) is 10.0. The highest BCUT2D eigenvalue weighted by Crippen LogP contribution is 2.28. The van der Waals surface area contributed by atoms with E-state index in [0.29, 0.717) is 6.54 Å². The van der Waals surface area contributed by atoms with Gasteiger partial charge in [-0.1, -0.05) is 43.2 Å². The van der Waals surface area contributed by atoms with E-state index in [1.807, 2.05) is 12.3 Å². The summed E-state index contributed by atoms with van der Waals surface area (Å²) in [4.78, 5) is 9.95. The first kappa shape index (κ1) is 17.7. The van der Waals surface area contributed by atoms with Crippen LogP contribution in [0.25, 0.3) is 11.4 Å². The average Bonchev–Trinajstić information content (AvgIpc) is 3.35. The summed E-state index contributed by atoms with van der Waals surface area (Å²) in [6.45, 7) is 5.18. The SMILES string of the molecule is Cn1c(C(CN)N2CCN(C3CCCC3)CC2)cnc1-c1ccccc1. The lowest BCUT2D eigenvalue weighted by molar-refractivity contribution is 0.0703. The second-order valence-electron chi connectivity index (χ2n) is 7.69. The molecule has 1 aliphatic heterocycles. The van der Waals surface area contributed by atoms with E-state index < -0.39 is 0 Å². The quantitative estimate of drug-likeness (QED) is 0.898. The van der Waals surface area contributed by atoms with Crippen LogP contribution in [0.4, 0.5) is 0 Å². The summed E-state index contributed by atoms with van der Waals surface area (Å²) in [5, 5.41) is 0. The summed E-state index contributed by atoms with van der Waals surface area (Å²) in [7, 11) is 2.11. The average molecular weight is 354 g/mol. The Kier molecular flexibility index (Phi) is 5.38. The molecule has 5 heteroatoms. The Morgan fingerprint density at radius 3 is 2.42 bits per heavy atom. The third-order valence-electron chi connectivity index (χ3n) is 6.25. The van der Waals surface area contributed by atoms with Gasteiger partial charge in [-0.3, -0.25) is 9.80 Å². The van der Waals surface area contributed by atoms with Gasteiger partial charge in [0.2, 0.25) is 0 Å². The molecule has 1 aliphatic carbocycles.